The predicted octanol–water partition coefficient (Wildman–Crippen LogP) is 9.72. The predicted molar refractivity (Wildman–Crippen MR) is 250 cm³/mol. The Balaban J connectivity index is 1.10. The molecule has 63 heavy (non-hydrogen) atoms. The fourth-order valence-electron chi connectivity index (χ4n) is 7.89. The fraction of sp³-hybridized carbons (Fsp3) is 0.213. The Bertz CT molecular complexity index is 2640. The third-order valence-electron chi connectivity index (χ3n) is 11.0. The van der Waals surface area contributed by atoms with E-state index in [1.165, 1.54) is 6.33 Å². The molecule has 4 heterocycles. The van der Waals surface area contributed by atoms with Crippen molar-refractivity contribution >= 4 is 68.0 Å². The van der Waals surface area contributed by atoms with Gasteiger partial charge in [-0.2, -0.15) is 0 Å². The molecule has 0 radical (unpaired) electrons. The lowest BCUT2D eigenvalue weighted by Crippen LogP contribution is -2.38. The molecule has 2 fully saturated rings. The highest BCUT2D eigenvalue weighted by atomic mass is 33.2. The number of hydrogen-bond acceptors (Lipinski definition) is 13. The number of imidazole rings is 1. The minimum Gasteiger partial charge on any atom is -0.497 e. The number of carbonyl (C=O) groups excluding carboxylic acids is 2. The normalized spacial score (nSPS) is 18.3. The van der Waals surface area contributed by atoms with Gasteiger partial charge in [0.15, 0.2) is 21.7 Å². The average Bonchev–Trinajstić information content (AvgIpc) is 4.09. The van der Waals surface area contributed by atoms with E-state index in [4.69, 9.17) is 40.3 Å². The first-order valence-electron chi connectivity index (χ1n) is 20.2. The molecule has 0 N–H and O–H groups in total. The van der Waals surface area contributed by atoms with Crippen LogP contribution in [0.3, 0.4) is 0 Å². The lowest BCUT2D eigenvalue weighted by molar-refractivity contribution is -0.0891. The van der Waals surface area contributed by atoms with Crippen molar-refractivity contribution in [2.45, 2.75) is 30.5 Å². The van der Waals surface area contributed by atoms with Gasteiger partial charge in [-0.05, 0) is 77.0 Å². The van der Waals surface area contributed by atoms with Crippen LogP contribution in [0.25, 0.3) is 11.2 Å². The molecule has 2 aliphatic heterocycles. The summed E-state index contributed by atoms with van der Waals surface area (Å²) < 4.78 is 31.9. The van der Waals surface area contributed by atoms with E-state index < -0.39 is 40.5 Å². The molecule has 0 unspecified atom stereocenters. The van der Waals surface area contributed by atoms with Crippen molar-refractivity contribution in [2.24, 2.45) is 0 Å². The van der Waals surface area contributed by atoms with E-state index in [0.29, 0.717) is 34.7 Å². The summed E-state index contributed by atoms with van der Waals surface area (Å²) in [6, 6.07) is 43.1. The summed E-state index contributed by atoms with van der Waals surface area (Å²) in [5.74, 6) is 2.21. The molecular weight excluding hydrogens is 874 g/mol. The highest BCUT2D eigenvalue weighted by Crippen LogP contribution is 2.75. The molecule has 12 nitrogen and oxygen atoms in total. The fourth-order valence-corrected chi connectivity index (χ4v) is 17.3. The average molecular weight is 916 g/mol. The van der Waals surface area contributed by atoms with Crippen LogP contribution in [0.4, 0.5) is 5.82 Å². The van der Waals surface area contributed by atoms with Gasteiger partial charge in [0.2, 0.25) is 0 Å². The molecule has 2 aliphatic rings. The monoisotopic (exact) mass is 915 g/mol. The number of amides is 2. The van der Waals surface area contributed by atoms with Crippen molar-refractivity contribution in [2.75, 3.05) is 37.2 Å². The lowest BCUT2D eigenvalue weighted by atomic mass is 9.80. The molecule has 0 saturated carbocycles. The smallest absolute Gasteiger partial charge is 0.266 e. The largest absolute Gasteiger partial charge is 0.497 e. The quantitative estimate of drug-likeness (QED) is 0.0584. The van der Waals surface area contributed by atoms with Gasteiger partial charge in [-0.1, -0.05) is 114 Å². The first kappa shape index (κ1) is 42.9. The molecule has 0 spiro atoms. The maximum absolute atomic E-state index is 14.2. The number of imide groups is 1. The van der Waals surface area contributed by atoms with Crippen LogP contribution >= 0.6 is 27.4 Å². The van der Waals surface area contributed by atoms with E-state index >= 15 is 0 Å². The number of aromatic nitrogens is 4. The van der Waals surface area contributed by atoms with Crippen LogP contribution < -0.4 is 14.4 Å². The Morgan fingerprint density at radius 1 is 0.746 bits per heavy atom. The van der Waals surface area contributed by atoms with Gasteiger partial charge in [-0.25, -0.2) is 19.9 Å². The van der Waals surface area contributed by atoms with E-state index in [0.717, 1.165) is 33.1 Å². The van der Waals surface area contributed by atoms with E-state index in [1.54, 1.807) is 109 Å². The van der Waals surface area contributed by atoms with Crippen LogP contribution in [0.5, 0.6) is 11.5 Å². The van der Waals surface area contributed by atoms with Gasteiger partial charge in [-0.15, -0.1) is 0 Å². The van der Waals surface area contributed by atoms with E-state index in [1.807, 2.05) is 66.7 Å². The van der Waals surface area contributed by atoms with E-state index in [9.17, 15) is 9.59 Å². The zero-order chi connectivity index (χ0) is 43.4. The topological polar surface area (TPSA) is 127 Å². The second kappa shape index (κ2) is 18.8. The standard InChI is InChI=1S/C47H42N5O7PS3/c1-55-37-22-18-35(19-23-37)47(34-16-10-5-11-17-34,36-20-24-38(56-2)25-21-36)57-29-40-39(59-60(61)62-26-27-63-60)28-41(58-40)51-31-50-42-43(51)48-30-49-44(42)52(45(53)32-12-6-3-7-13-32)46(54)33-14-8-4-9-15-33/h3-25,30-31,39-41H,26-29H2,1-2H3/t39-,40+,41+/m0/s1. The number of carbonyl (C=O) groups is 2. The Hall–Kier alpha value is -5.38. The van der Waals surface area contributed by atoms with Gasteiger partial charge in [-0.3, -0.25) is 14.2 Å². The third-order valence-corrected chi connectivity index (χ3v) is 20.7. The first-order valence-corrected chi connectivity index (χ1v) is 26.1. The zero-order valence-corrected chi connectivity index (χ0v) is 37.6. The Morgan fingerprint density at radius 2 is 1.27 bits per heavy atom. The van der Waals surface area contributed by atoms with Gasteiger partial charge in [0, 0.05) is 29.1 Å². The van der Waals surface area contributed by atoms with Crippen molar-refractivity contribution in [1.82, 2.24) is 19.5 Å². The minimum absolute atomic E-state index is 0.0490. The molecular formula is C47H42N5O7PS3. The summed E-state index contributed by atoms with van der Waals surface area (Å²) in [5, 5.41) is 0. The third kappa shape index (κ3) is 8.67. The number of ether oxygens (including phenoxy) is 4. The number of methoxy groups -OCH3 is 2. The van der Waals surface area contributed by atoms with Crippen LogP contribution in [0.15, 0.2) is 152 Å². The Morgan fingerprint density at radius 3 is 1.81 bits per heavy atom. The molecule has 7 aromatic rings. The lowest BCUT2D eigenvalue weighted by Gasteiger charge is -2.37. The van der Waals surface area contributed by atoms with Gasteiger partial charge >= 0.3 is 0 Å². The summed E-state index contributed by atoms with van der Waals surface area (Å²) in [6.07, 6.45) is 1.65. The maximum atomic E-state index is 14.2. The van der Waals surface area contributed by atoms with Crippen LogP contribution in [0.1, 0.15) is 50.1 Å². The van der Waals surface area contributed by atoms with E-state index in [2.05, 4.69) is 22.1 Å². The number of hydrogen-bond donors (Lipinski definition) is 0. The Kier molecular flexibility index (Phi) is 12.8. The van der Waals surface area contributed by atoms with Crippen molar-refractivity contribution in [3.8, 4) is 11.5 Å². The number of benzene rings is 5. The van der Waals surface area contributed by atoms with Gasteiger partial charge in [0.1, 0.15) is 35.8 Å². The molecule has 0 bridgehead atoms. The number of anilines is 1. The van der Waals surface area contributed by atoms with Crippen LogP contribution in [0.2, 0.25) is 0 Å². The first-order chi connectivity index (χ1) is 30.8. The second-order valence-corrected chi connectivity index (χ2v) is 25.3. The number of rotatable bonds is 14. The number of nitrogens with zero attached hydrogens (tertiary/aromatic N) is 5. The van der Waals surface area contributed by atoms with Crippen LogP contribution in [-0.4, -0.2) is 75.9 Å². The van der Waals surface area contributed by atoms with Gasteiger partial charge in [0.05, 0.1) is 33.3 Å². The molecule has 9 rings (SSSR count). The number of fused-ring (bicyclic) bond motifs is 1. The SMILES string of the molecule is COc1ccc(C(OC[C@H]2O[C@@H](n3cnc4c(N(C(=O)c5ccccc5)C(=O)c5ccccc5)ncnc43)C[C@@H]2OP2(=S)SCCS2)(c2ccccc2)c2ccc(OC)cc2)cc1. The van der Waals surface area contributed by atoms with Crippen LogP contribution in [0, 0.1) is 0 Å². The second-order valence-electron chi connectivity index (χ2n) is 14.6. The molecule has 2 amide bonds. The molecule has 0 aliphatic carbocycles. The van der Waals surface area contributed by atoms with Crippen molar-refractivity contribution in [3.63, 3.8) is 0 Å². The molecule has 2 saturated heterocycles. The zero-order valence-electron chi connectivity index (χ0n) is 34.3. The highest BCUT2D eigenvalue weighted by molar-refractivity contribution is 9.00. The highest BCUT2D eigenvalue weighted by Gasteiger charge is 2.45. The molecule has 3 atom stereocenters. The van der Waals surface area contributed by atoms with Crippen molar-refractivity contribution in [1.29, 1.82) is 0 Å². The van der Waals surface area contributed by atoms with Crippen LogP contribution in [-0.2, 0) is 31.4 Å². The van der Waals surface area contributed by atoms with Crippen molar-refractivity contribution < 1.29 is 33.1 Å². The summed E-state index contributed by atoms with van der Waals surface area (Å²) in [7, 11) is 3.29. The molecule has 2 aromatic heterocycles. The summed E-state index contributed by atoms with van der Waals surface area (Å²) >= 11 is 9.57. The molecule has 320 valence electrons. The molecule has 16 heteroatoms. The minimum atomic E-state index is -2.30. The van der Waals surface area contributed by atoms with E-state index in [-0.39, 0.29) is 17.9 Å². The Labute approximate surface area is 377 Å². The van der Waals surface area contributed by atoms with Gasteiger partial charge < -0.3 is 23.5 Å². The summed E-state index contributed by atoms with van der Waals surface area (Å²) in [5.41, 5.74) is 2.82. The molecule has 5 aromatic carbocycles. The summed E-state index contributed by atoms with van der Waals surface area (Å²) in [6.45, 7) is 0.108. The van der Waals surface area contributed by atoms with Gasteiger partial charge in [0.25, 0.3) is 11.8 Å². The summed E-state index contributed by atoms with van der Waals surface area (Å²) in [4.78, 5) is 43.3. The maximum Gasteiger partial charge on any atom is 0.266 e. The van der Waals surface area contributed by atoms with Crippen molar-refractivity contribution in [3.05, 3.63) is 180 Å².